The van der Waals surface area contributed by atoms with Gasteiger partial charge in [0.05, 0.1) is 0 Å². The van der Waals surface area contributed by atoms with Crippen molar-refractivity contribution in [3.63, 3.8) is 0 Å². The number of halogens is 1. The molecule has 1 aromatic rings. The summed E-state index contributed by atoms with van der Waals surface area (Å²) in [7, 11) is 0. The number of aromatic nitrogens is 2. The van der Waals surface area contributed by atoms with Crippen molar-refractivity contribution in [2.45, 2.75) is 11.4 Å². The Hall–Kier alpha value is -2.64. The normalized spacial score (nSPS) is 21.3. The standard InChI is InChI=1S/C15H15ClN6O5S2/c1-2-3-27-20-7(10-19-15(17)29-21-10)11(23)18-8-12(24)22-9(14(25)26)6(4-16)5-28-13(8)22/h2,8,13H,1,3-5H2,(H,18,23)(H,25,26)(H2,17,19,21)/b20-7+/t8?,13-/m1/s1. The number of alkyl halides is 1. The zero-order valence-electron chi connectivity index (χ0n) is 14.7. The molecular weight excluding hydrogens is 444 g/mol. The highest BCUT2D eigenvalue weighted by molar-refractivity contribution is 8.00. The van der Waals surface area contributed by atoms with Crippen LogP contribution in [0.1, 0.15) is 5.82 Å². The lowest BCUT2D eigenvalue weighted by Gasteiger charge is -2.49. The maximum atomic E-state index is 12.7. The number of nitrogens with two attached hydrogens (primary N) is 1. The number of nitrogen functional groups attached to an aromatic ring is 1. The molecule has 1 saturated heterocycles. The Labute approximate surface area is 177 Å². The summed E-state index contributed by atoms with van der Waals surface area (Å²) in [5, 5.41) is 15.2. The van der Waals surface area contributed by atoms with Crippen LogP contribution in [0.5, 0.6) is 0 Å². The predicted octanol–water partition coefficient (Wildman–Crippen LogP) is 0.00440. The number of hydrogen-bond acceptors (Lipinski definition) is 10. The first-order chi connectivity index (χ1) is 13.9. The van der Waals surface area contributed by atoms with E-state index in [1.807, 2.05) is 0 Å². The van der Waals surface area contributed by atoms with Crippen molar-refractivity contribution >= 4 is 63.5 Å². The number of β-lactam (4-membered cyclic amide) rings is 1. The summed E-state index contributed by atoms with van der Waals surface area (Å²) in [5.74, 6) is -2.28. The van der Waals surface area contributed by atoms with Gasteiger partial charge in [-0.3, -0.25) is 14.5 Å². The molecule has 2 amide bonds. The molecule has 1 aromatic heterocycles. The number of fused-ring (bicyclic) bond motifs is 1. The fraction of sp³-hybridized carbons (Fsp3) is 0.333. The molecule has 3 heterocycles. The summed E-state index contributed by atoms with van der Waals surface area (Å²) in [6.45, 7) is 3.52. The number of thioether (sulfide) groups is 1. The van der Waals surface area contributed by atoms with E-state index in [1.54, 1.807) is 0 Å². The maximum absolute atomic E-state index is 12.7. The molecule has 1 fully saturated rings. The van der Waals surface area contributed by atoms with E-state index >= 15 is 0 Å². The van der Waals surface area contributed by atoms with Crippen molar-refractivity contribution in [2.75, 3.05) is 24.0 Å². The Morgan fingerprint density at radius 2 is 2.31 bits per heavy atom. The topological polar surface area (TPSA) is 160 Å². The van der Waals surface area contributed by atoms with Crippen molar-refractivity contribution in [1.82, 2.24) is 19.6 Å². The van der Waals surface area contributed by atoms with Gasteiger partial charge in [0.15, 0.2) is 5.13 Å². The molecule has 0 aromatic carbocycles. The van der Waals surface area contributed by atoms with Crippen molar-refractivity contribution in [1.29, 1.82) is 0 Å². The van der Waals surface area contributed by atoms with Crippen LogP contribution in [0.4, 0.5) is 5.13 Å². The third-order valence-corrected chi connectivity index (χ3v) is 6.12. The number of amides is 2. The zero-order valence-corrected chi connectivity index (χ0v) is 17.1. The number of anilines is 1. The molecule has 1 unspecified atom stereocenters. The van der Waals surface area contributed by atoms with E-state index in [1.165, 1.54) is 17.8 Å². The molecule has 0 radical (unpaired) electrons. The van der Waals surface area contributed by atoms with Crippen LogP contribution in [0, 0.1) is 0 Å². The van der Waals surface area contributed by atoms with Gasteiger partial charge in [-0.2, -0.15) is 9.36 Å². The van der Waals surface area contributed by atoms with Gasteiger partial charge < -0.3 is 21.0 Å². The Bertz CT molecular complexity index is 932. The van der Waals surface area contributed by atoms with Crippen LogP contribution in [0.3, 0.4) is 0 Å². The lowest BCUT2D eigenvalue weighted by molar-refractivity contribution is -0.150. The van der Waals surface area contributed by atoms with Gasteiger partial charge in [-0.05, 0) is 5.57 Å². The van der Waals surface area contributed by atoms with Gasteiger partial charge in [0.2, 0.25) is 11.5 Å². The fourth-order valence-electron chi connectivity index (χ4n) is 2.67. The number of carbonyl (C=O) groups is 3. The van der Waals surface area contributed by atoms with Crippen molar-refractivity contribution < 1.29 is 24.3 Å². The molecule has 0 bridgehead atoms. The minimum Gasteiger partial charge on any atom is -0.477 e. The Balaban J connectivity index is 1.79. The van der Waals surface area contributed by atoms with Crippen LogP contribution in [-0.2, 0) is 19.2 Å². The molecule has 2 aliphatic heterocycles. The third kappa shape index (κ3) is 4.06. The first-order valence-corrected chi connectivity index (χ1v) is 10.4. The number of carbonyl (C=O) groups excluding carboxylic acids is 2. The highest BCUT2D eigenvalue weighted by Crippen LogP contribution is 2.40. The summed E-state index contributed by atoms with van der Waals surface area (Å²) in [5.41, 5.74) is 5.60. The summed E-state index contributed by atoms with van der Waals surface area (Å²) in [6.07, 6.45) is 1.43. The zero-order chi connectivity index (χ0) is 21.1. The second kappa shape index (κ2) is 8.80. The van der Waals surface area contributed by atoms with Crippen molar-refractivity contribution in [2.24, 2.45) is 5.16 Å². The number of rotatable bonds is 8. The monoisotopic (exact) mass is 458 g/mol. The number of carboxylic acid groups (broad SMARTS) is 1. The summed E-state index contributed by atoms with van der Waals surface area (Å²) >= 11 is 7.97. The van der Waals surface area contributed by atoms with Crippen molar-refractivity contribution in [3.05, 3.63) is 29.7 Å². The van der Waals surface area contributed by atoms with E-state index in [-0.39, 0.29) is 34.9 Å². The van der Waals surface area contributed by atoms with Crippen LogP contribution in [-0.4, -0.2) is 72.5 Å². The van der Waals surface area contributed by atoms with Crippen LogP contribution in [0.15, 0.2) is 29.1 Å². The van der Waals surface area contributed by atoms with E-state index in [0.717, 1.165) is 16.4 Å². The molecule has 29 heavy (non-hydrogen) atoms. The smallest absolute Gasteiger partial charge is 0.352 e. The quantitative estimate of drug-likeness (QED) is 0.122. The lowest BCUT2D eigenvalue weighted by Crippen LogP contribution is -2.71. The minimum absolute atomic E-state index is 0.00345. The van der Waals surface area contributed by atoms with E-state index in [0.29, 0.717) is 11.3 Å². The van der Waals surface area contributed by atoms with Crippen LogP contribution >= 0.6 is 34.9 Å². The van der Waals surface area contributed by atoms with Gasteiger partial charge in [0.1, 0.15) is 23.7 Å². The van der Waals surface area contributed by atoms with Gasteiger partial charge in [0, 0.05) is 23.2 Å². The number of carboxylic acids is 1. The molecule has 154 valence electrons. The van der Waals surface area contributed by atoms with Gasteiger partial charge in [-0.15, -0.1) is 23.4 Å². The van der Waals surface area contributed by atoms with Gasteiger partial charge >= 0.3 is 5.97 Å². The molecule has 0 aliphatic carbocycles. The maximum Gasteiger partial charge on any atom is 0.352 e. The van der Waals surface area contributed by atoms with Crippen LogP contribution < -0.4 is 11.1 Å². The molecule has 11 nitrogen and oxygen atoms in total. The SMILES string of the molecule is C=CCO/N=C(/C(=O)NC1C(=O)N2C(C(=O)O)=C(CCl)CS[C@H]12)c1nsc(N)n1. The highest BCUT2D eigenvalue weighted by Gasteiger charge is 2.54. The molecule has 0 saturated carbocycles. The first-order valence-electron chi connectivity index (χ1n) is 8.06. The van der Waals surface area contributed by atoms with Crippen LogP contribution in [0.2, 0.25) is 0 Å². The highest BCUT2D eigenvalue weighted by atomic mass is 35.5. The van der Waals surface area contributed by atoms with E-state index in [9.17, 15) is 19.5 Å². The molecule has 2 aliphatic rings. The second-order valence-electron chi connectivity index (χ2n) is 5.73. The predicted molar refractivity (Wildman–Crippen MR) is 107 cm³/mol. The first kappa shape index (κ1) is 21.1. The van der Waals surface area contributed by atoms with E-state index in [4.69, 9.17) is 22.2 Å². The Morgan fingerprint density at radius 3 is 2.90 bits per heavy atom. The Kier molecular flexibility index (Phi) is 6.39. The fourth-order valence-corrected chi connectivity index (χ4v) is 4.78. The second-order valence-corrected chi connectivity index (χ2v) is 7.89. The molecule has 14 heteroatoms. The number of hydrogen-bond donors (Lipinski definition) is 3. The largest absolute Gasteiger partial charge is 0.477 e. The third-order valence-electron chi connectivity index (χ3n) is 3.91. The number of nitrogens with zero attached hydrogens (tertiary/aromatic N) is 4. The summed E-state index contributed by atoms with van der Waals surface area (Å²) in [4.78, 5) is 46.8. The average molecular weight is 459 g/mol. The summed E-state index contributed by atoms with van der Waals surface area (Å²) < 4.78 is 3.93. The minimum atomic E-state index is -1.24. The van der Waals surface area contributed by atoms with E-state index in [2.05, 4.69) is 26.4 Å². The molecule has 3 rings (SSSR count). The van der Waals surface area contributed by atoms with Gasteiger partial charge in [0.25, 0.3) is 11.8 Å². The molecule has 4 N–H and O–H groups in total. The number of oxime groups is 1. The molecular formula is C15H15ClN6O5S2. The van der Waals surface area contributed by atoms with Crippen molar-refractivity contribution in [3.8, 4) is 0 Å². The van der Waals surface area contributed by atoms with Gasteiger partial charge in [-0.25, -0.2) is 4.79 Å². The lowest BCUT2D eigenvalue weighted by atomic mass is 10.0. The average Bonchev–Trinajstić information content (AvgIpc) is 3.13. The van der Waals surface area contributed by atoms with Crippen LogP contribution in [0.25, 0.3) is 0 Å². The van der Waals surface area contributed by atoms with Gasteiger partial charge in [-0.1, -0.05) is 17.8 Å². The van der Waals surface area contributed by atoms with E-state index < -0.39 is 29.2 Å². The Morgan fingerprint density at radius 1 is 1.55 bits per heavy atom. The summed E-state index contributed by atoms with van der Waals surface area (Å²) in [6, 6.07) is -0.945. The number of nitrogens with one attached hydrogen (secondary N) is 1. The number of aliphatic carboxylic acids is 1. The molecule has 2 atom stereocenters. The molecule has 0 spiro atoms.